The van der Waals surface area contributed by atoms with Gasteiger partial charge in [0.15, 0.2) is 17.5 Å². The van der Waals surface area contributed by atoms with E-state index in [4.69, 9.17) is 4.74 Å². The molecule has 1 amide bonds. The van der Waals surface area contributed by atoms with Crippen LogP contribution in [0.5, 0.6) is 5.75 Å². The molecule has 0 aromatic heterocycles. The van der Waals surface area contributed by atoms with Gasteiger partial charge in [0, 0.05) is 53.4 Å². The molecular formula is C24H39FIN5O2. The number of nitrogens with zero attached hydrogens (tertiary/aromatic N) is 3. The lowest BCUT2D eigenvalue weighted by atomic mass is 9.84. The molecule has 2 N–H and O–H groups in total. The van der Waals surface area contributed by atoms with Crippen LogP contribution < -0.4 is 15.4 Å². The van der Waals surface area contributed by atoms with E-state index in [1.54, 1.807) is 24.1 Å². The molecule has 0 bridgehead atoms. The third-order valence-corrected chi connectivity index (χ3v) is 6.79. The summed E-state index contributed by atoms with van der Waals surface area (Å²) in [7, 11) is 6.93. The summed E-state index contributed by atoms with van der Waals surface area (Å²) in [4.78, 5) is 21.2. The quantitative estimate of drug-likeness (QED) is 0.297. The number of benzene rings is 1. The highest BCUT2D eigenvalue weighted by Gasteiger charge is 2.42. The van der Waals surface area contributed by atoms with Gasteiger partial charge in [0.05, 0.1) is 12.5 Å². The van der Waals surface area contributed by atoms with E-state index in [2.05, 4.69) is 20.5 Å². The van der Waals surface area contributed by atoms with Crippen molar-refractivity contribution in [2.24, 2.45) is 10.4 Å². The topological polar surface area (TPSA) is 69.2 Å². The van der Waals surface area contributed by atoms with Crippen molar-refractivity contribution >= 4 is 35.8 Å². The predicted octanol–water partition coefficient (Wildman–Crippen LogP) is 3.23. The van der Waals surface area contributed by atoms with Gasteiger partial charge in [0.2, 0.25) is 5.91 Å². The number of hydrogen-bond acceptors (Lipinski definition) is 4. The van der Waals surface area contributed by atoms with Gasteiger partial charge >= 0.3 is 0 Å². The first-order chi connectivity index (χ1) is 15.4. The Morgan fingerprint density at radius 3 is 2.48 bits per heavy atom. The van der Waals surface area contributed by atoms with Crippen LogP contribution in [-0.2, 0) is 11.3 Å². The summed E-state index contributed by atoms with van der Waals surface area (Å²) in [5.41, 5.74) is 0.637. The summed E-state index contributed by atoms with van der Waals surface area (Å²) in [6, 6.07) is 5.50. The first-order valence-electron chi connectivity index (χ1n) is 11.6. The predicted molar refractivity (Wildman–Crippen MR) is 141 cm³/mol. The van der Waals surface area contributed by atoms with E-state index >= 15 is 0 Å². The first kappa shape index (κ1) is 27.6. The van der Waals surface area contributed by atoms with Crippen molar-refractivity contribution < 1.29 is 13.9 Å². The van der Waals surface area contributed by atoms with Crippen LogP contribution in [0.3, 0.4) is 0 Å². The molecule has 186 valence electrons. The summed E-state index contributed by atoms with van der Waals surface area (Å²) < 4.78 is 19.0. The summed E-state index contributed by atoms with van der Waals surface area (Å²) in [5.74, 6) is 0.936. The molecule has 1 saturated carbocycles. The molecule has 2 fully saturated rings. The average Bonchev–Trinajstić information content (AvgIpc) is 3.27. The first-order valence-corrected chi connectivity index (χ1v) is 11.6. The van der Waals surface area contributed by atoms with Crippen LogP contribution >= 0.6 is 24.0 Å². The van der Waals surface area contributed by atoms with Crippen LogP contribution in [0.4, 0.5) is 4.39 Å². The summed E-state index contributed by atoms with van der Waals surface area (Å²) in [6.07, 6.45) is 6.03. The van der Waals surface area contributed by atoms with Crippen molar-refractivity contribution in [2.75, 3.05) is 47.9 Å². The molecule has 1 heterocycles. The number of halogens is 2. The van der Waals surface area contributed by atoms with Crippen LogP contribution in [0.15, 0.2) is 23.2 Å². The lowest BCUT2D eigenvalue weighted by Crippen LogP contribution is -2.52. The van der Waals surface area contributed by atoms with Crippen LogP contribution in [0, 0.1) is 11.2 Å². The Bertz CT molecular complexity index is 806. The van der Waals surface area contributed by atoms with Crippen molar-refractivity contribution in [3.8, 4) is 5.75 Å². The highest BCUT2D eigenvalue weighted by atomic mass is 127. The van der Waals surface area contributed by atoms with Gasteiger partial charge in [-0.05, 0) is 43.4 Å². The molecule has 0 atom stereocenters. The van der Waals surface area contributed by atoms with E-state index in [-0.39, 0.29) is 46.9 Å². The molecule has 9 heteroatoms. The van der Waals surface area contributed by atoms with Gasteiger partial charge in [-0.25, -0.2) is 4.39 Å². The van der Waals surface area contributed by atoms with E-state index in [1.807, 2.05) is 20.2 Å². The van der Waals surface area contributed by atoms with Crippen molar-refractivity contribution in [2.45, 2.75) is 51.1 Å². The molecule has 7 nitrogen and oxygen atoms in total. The maximum Gasteiger partial charge on any atom is 0.230 e. The fourth-order valence-corrected chi connectivity index (χ4v) is 4.94. The number of carbonyl (C=O) groups excluding carboxylic acids is 1. The van der Waals surface area contributed by atoms with Crippen LogP contribution in [0.25, 0.3) is 0 Å². The second-order valence-corrected chi connectivity index (χ2v) is 9.28. The summed E-state index contributed by atoms with van der Waals surface area (Å²) >= 11 is 0. The zero-order chi connectivity index (χ0) is 23.1. The van der Waals surface area contributed by atoms with Crippen LogP contribution in [0.1, 0.15) is 44.1 Å². The largest absolute Gasteiger partial charge is 0.494 e. The zero-order valence-electron chi connectivity index (χ0n) is 20.3. The number of piperidine rings is 1. The molecule has 1 aromatic carbocycles. The number of nitrogens with one attached hydrogen (secondary N) is 2. The Morgan fingerprint density at radius 2 is 1.94 bits per heavy atom. The summed E-state index contributed by atoms with van der Waals surface area (Å²) in [6.45, 7) is 3.22. The van der Waals surface area contributed by atoms with Gasteiger partial charge in [0.25, 0.3) is 0 Å². The number of ether oxygens (including phenoxy) is 1. The Balaban J connectivity index is 0.00000385. The van der Waals surface area contributed by atoms with Gasteiger partial charge in [-0.3, -0.25) is 14.7 Å². The molecular weight excluding hydrogens is 536 g/mol. The Labute approximate surface area is 214 Å². The lowest BCUT2D eigenvalue weighted by molar-refractivity contribution is -0.138. The maximum atomic E-state index is 14.0. The van der Waals surface area contributed by atoms with Crippen molar-refractivity contribution in [3.63, 3.8) is 0 Å². The van der Waals surface area contributed by atoms with Gasteiger partial charge in [-0.1, -0.05) is 18.9 Å². The fraction of sp³-hybridized carbons (Fsp3) is 0.667. The third kappa shape index (κ3) is 7.18. The van der Waals surface area contributed by atoms with Gasteiger partial charge in [0.1, 0.15) is 0 Å². The number of amides is 1. The van der Waals surface area contributed by atoms with Crippen molar-refractivity contribution in [3.05, 3.63) is 29.6 Å². The Morgan fingerprint density at radius 1 is 1.27 bits per heavy atom. The second kappa shape index (κ2) is 12.7. The van der Waals surface area contributed by atoms with E-state index < -0.39 is 0 Å². The normalized spacial score (nSPS) is 19.0. The monoisotopic (exact) mass is 575 g/mol. The minimum Gasteiger partial charge on any atom is -0.494 e. The maximum absolute atomic E-state index is 14.0. The highest BCUT2D eigenvalue weighted by Crippen LogP contribution is 2.38. The van der Waals surface area contributed by atoms with Crippen molar-refractivity contribution in [1.82, 2.24) is 20.4 Å². The third-order valence-electron chi connectivity index (χ3n) is 6.79. The van der Waals surface area contributed by atoms with Gasteiger partial charge < -0.3 is 20.3 Å². The standard InChI is InChI=1S/C24H38FN5O2.HI/c1-26-23(27-17-24(11-5-6-12-24)22(31)29(2)3)28-19-9-13-30(14-10-19)16-18-7-8-21(32-4)20(25)15-18;/h7-8,15,19H,5-6,9-14,16-17H2,1-4H3,(H2,26,27,28);1H. The van der Waals surface area contributed by atoms with E-state index in [9.17, 15) is 9.18 Å². The number of guanidine groups is 1. The lowest BCUT2D eigenvalue weighted by Gasteiger charge is -2.34. The molecule has 3 rings (SSSR count). The summed E-state index contributed by atoms with van der Waals surface area (Å²) in [5, 5.41) is 6.96. The van der Waals surface area contributed by atoms with E-state index in [0.717, 1.165) is 69.7 Å². The molecule has 1 saturated heterocycles. The SMILES string of the molecule is CN=C(NCC1(C(=O)N(C)C)CCCC1)NC1CCN(Cc2ccc(OC)c(F)c2)CC1.I. The Kier molecular flexibility index (Phi) is 10.7. The highest BCUT2D eigenvalue weighted by molar-refractivity contribution is 14.0. The molecule has 0 spiro atoms. The minimum atomic E-state index is -0.321. The number of carbonyl (C=O) groups is 1. The fourth-order valence-electron chi connectivity index (χ4n) is 4.94. The van der Waals surface area contributed by atoms with Gasteiger partial charge in [-0.15, -0.1) is 24.0 Å². The van der Waals surface area contributed by atoms with Crippen LogP contribution in [-0.4, -0.2) is 75.6 Å². The number of hydrogen-bond donors (Lipinski definition) is 2. The molecule has 0 radical (unpaired) electrons. The molecule has 1 aliphatic heterocycles. The number of rotatable bonds is 7. The van der Waals surface area contributed by atoms with E-state index in [1.165, 1.54) is 7.11 Å². The molecule has 1 aromatic rings. The number of likely N-dealkylation sites (tertiary alicyclic amines) is 1. The molecule has 1 aliphatic carbocycles. The second-order valence-electron chi connectivity index (χ2n) is 9.28. The Hall–Kier alpha value is -1.62. The average molecular weight is 576 g/mol. The van der Waals surface area contributed by atoms with Crippen LogP contribution in [0.2, 0.25) is 0 Å². The van der Waals surface area contributed by atoms with Gasteiger partial charge in [-0.2, -0.15) is 0 Å². The van der Waals surface area contributed by atoms with E-state index in [0.29, 0.717) is 12.6 Å². The van der Waals surface area contributed by atoms with Crippen molar-refractivity contribution in [1.29, 1.82) is 0 Å². The number of aliphatic imine (C=N–C) groups is 1. The molecule has 2 aliphatic rings. The smallest absolute Gasteiger partial charge is 0.230 e. The number of methoxy groups -OCH3 is 1. The minimum absolute atomic E-state index is 0. The molecule has 0 unspecified atom stereocenters. The zero-order valence-corrected chi connectivity index (χ0v) is 22.7. The molecule has 33 heavy (non-hydrogen) atoms.